The molecule has 0 aromatic heterocycles. The summed E-state index contributed by atoms with van der Waals surface area (Å²) in [6, 6.07) is 15.2. The van der Waals surface area contributed by atoms with Crippen LogP contribution in [0.2, 0.25) is 0 Å². The molecule has 1 saturated heterocycles. The van der Waals surface area contributed by atoms with Crippen molar-refractivity contribution in [1.82, 2.24) is 4.90 Å². The SMILES string of the molecule is CC(=O)Nc1cccc(NC(=O)CNc2ccc(N3CCN(C)CC3)cc2)c1. The first-order chi connectivity index (χ1) is 13.5. The Balaban J connectivity index is 1.48. The van der Waals surface area contributed by atoms with Gasteiger partial charge >= 0.3 is 0 Å². The largest absolute Gasteiger partial charge is 0.376 e. The molecule has 2 aromatic rings. The summed E-state index contributed by atoms with van der Waals surface area (Å²) in [5.41, 5.74) is 3.40. The van der Waals surface area contributed by atoms with E-state index in [9.17, 15) is 9.59 Å². The number of carbonyl (C=O) groups excluding carboxylic acids is 2. The molecule has 28 heavy (non-hydrogen) atoms. The van der Waals surface area contributed by atoms with Crippen LogP contribution in [0.25, 0.3) is 0 Å². The Labute approximate surface area is 165 Å². The smallest absolute Gasteiger partial charge is 0.243 e. The fourth-order valence-electron chi connectivity index (χ4n) is 3.12. The summed E-state index contributed by atoms with van der Waals surface area (Å²) in [6.45, 7) is 5.82. The summed E-state index contributed by atoms with van der Waals surface area (Å²) >= 11 is 0. The number of amides is 2. The molecule has 0 bridgehead atoms. The number of nitrogens with zero attached hydrogens (tertiary/aromatic N) is 2. The second-order valence-electron chi connectivity index (χ2n) is 7.00. The van der Waals surface area contributed by atoms with E-state index < -0.39 is 0 Å². The molecule has 148 valence electrons. The Morgan fingerprint density at radius 3 is 2.18 bits per heavy atom. The first-order valence-electron chi connectivity index (χ1n) is 9.44. The minimum Gasteiger partial charge on any atom is -0.376 e. The van der Waals surface area contributed by atoms with Crippen molar-refractivity contribution in [3.8, 4) is 0 Å². The number of anilines is 4. The molecule has 1 aliphatic rings. The van der Waals surface area contributed by atoms with Crippen molar-refractivity contribution in [3.05, 3.63) is 48.5 Å². The molecule has 7 nitrogen and oxygen atoms in total. The predicted octanol–water partition coefficient (Wildman–Crippen LogP) is 2.45. The average Bonchev–Trinajstić information content (AvgIpc) is 2.67. The molecule has 3 N–H and O–H groups in total. The number of likely N-dealkylation sites (N-methyl/N-ethyl adjacent to an activating group) is 1. The van der Waals surface area contributed by atoms with Crippen molar-refractivity contribution in [2.75, 3.05) is 60.6 Å². The number of hydrogen-bond acceptors (Lipinski definition) is 5. The summed E-state index contributed by atoms with van der Waals surface area (Å²) in [5, 5.41) is 8.67. The van der Waals surface area contributed by atoms with Gasteiger partial charge in [0.15, 0.2) is 0 Å². The maximum Gasteiger partial charge on any atom is 0.243 e. The lowest BCUT2D eigenvalue weighted by molar-refractivity contribution is -0.115. The van der Waals surface area contributed by atoms with Crippen molar-refractivity contribution in [2.45, 2.75) is 6.92 Å². The van der Waals surface area contributed by atoms with E-state index in [1.807, 2.05) is 12.1 Å². The Morgan fingerprint density at radius 2 is 1.54 bits per heavy atom. The van der Waals surface area contributed by atoms with E-state index in [-0.39, 0.29) is 18.4 Å². The molecule has 1 aliphatic heterocycles. The van der Waals surface area contributed by atoms with Crippen molar-refractivity contribution in [3.63, 3.8) is 0 Å². The van der Waals surface area contributed by atoms with Gasteiger partial charge in [-0.25, -0.2) is 0 Å². The molecule has 0 atom stereocenters. The molecule has 0 spiro atoms. The molecule has 0 saturated carbocycles. The zero-order chi connectivity index (χ0) is 19.9. The highest BCUT2D eigenvalue weighted by Gasteiger charge is 2.14. The van der Waals surface area contributed by atoms with Crippen LogP contribution >= 0.6 is 0 Å². The van der Waals surface area contributed by atoms with E-state index in [2.05, 4.69) is 44.9 Å². The van der Waals surface area contributed by atoms with Gasteiger partial charge in [-0.2, -0.15) is 0 Å². The van der Waals surface area contributed by atoms with Crippen molar-refractivity contribution >= 4 is 34.6 Å². The Kier molecular flexibility index (Phi) is 6.49. The van der Waals surface area contributed by atoms with E-state index in [0.29, 0.717) is 11.4 Å². The fraction of sp³-hybridized carbons (Fsp3) is 0.333. The lowest BCUT2D eigenvalue weighted by atomic mass is 10.2. The predicted molar refractivity (Wildman–Crippen MR) is 114 cm³/mol. The summed E-state index contributed by atoms with van der Waals surface area (Å²) in [4.78, 5) is 28.0. The van der Waals surface area contributed by atoms with Crippen molar-refractivity contribution in [1.29, 1.82) is 0 Å². The third-order valence-electron chi connectivity index (χ3n) is 4.66. The third kappa shape index (κ3) is 5.72. The number of nitrogens with one attached hydrogen (secondary N) is 3. The van der Waals surface area contributed by atoms with Crippen LogP contribution in [0.5, 0.6) is 0 Å². The van der Waals surface area contributed by atoms with Crippen LogP contribution in [0.1, 0.15) is 6.92 Å². The van der Waals surface area contributed by atoms with Crippen LogP contribution in [-0.4, -0.2) is 56.5 Å². The maximum absolute atomic E-state index is 12.2. The lowest BCUT2D eigenvalue weighted by Crippen LogP contribution is -2.44. The normalized spacial score (nSPS) is 14.4. The highest BCUT2D eigenvalue weighted by molar-refractivity contribution is 5.95. The van der Waals surface area contributed by atoms with Gasteiger partial charge in [-0.3, -0.25) is 9.59 Å². The summed E-state index contributed by atoms with van der Waals surface area (Å²) in [5.74, 6) is -0.298. The number of rotatable bonds is 6. The van der Waals surface area contributed by atoms with E-state index >= 15 is 0 Å². The number of hydrogen-bond donors (Lipinski definition) is 3. The van der Waals surface area contributed by atoms with Gasteiger partial charge in [0.1, 0.15) is 0 Å². The van der Waals surface area contributed by atoms with Gasteiger partial charge in [-0.1, -0.05) is 6.07 Å². The van der Waals surface area contributed by atoms with E-state index in [4.69, 9.17) is 0 Å². The Hall–Kier alpha value is -3.06. The molecule has 1 fully saturated rings. The number of benzene rings is 2. The van der Waals surface area contributed by atoms with Crippen LogP contribution in [0, 0.1) is 0 Å². The Morgan fingerprint density at radius 1 is 0.893 bits per heavy atom. The molecular formula is C21H27N5O2. The van der Waals surface area contributed by atoms with Gasteiger partial charge in [0, 0.05) is 55.9 Å². The van der Waals surface area contributed by atoms with Crippen LogP contribution in [0.3, 0.4) is 0 Å². The van der Waals surface area contributed by atoms with Gasteiger partial charge in [0.25, 0.3) is 0 Å². The topological polar surface area (TPSA) is 76.7 Å². The fourth-order valence-corrected chi connectivity index (χ4v) is 3.12. The molecule has 7 heteroatoms. The molecule has 2 amide bonds. The van der Waals surface area contributed by atoms with Crippen molar-refractivity contribution in [2.24, 2.45) is 0 Å². The van der Waals surface area contributed by atoms with Crippen molar-refractivity contribution < 1.29 is 9.59 Å². The number of carbonyl (C=O) groups is 2. The maximum atomic E-state index is 12.2. The quantitative estimate of drug-likeness (QED) is 0.717. The zero-order valence-electron chi connectivity index (χ0n) is 16.4. The lowest BCUT2D eigenvalue weighted by Gasteiger charge is -2.34. The zero-order valence-corrected chi connectivity index (χ0v) is 16.4. The highest BCUT2D eigenvalue weighted by atomic mass is 16.2. The molecule has 0 radical (unpaired) electrons. The first-order valence-corrected chi connectivity index (χ1v) is 9.44. The molecular weight excluding hydrogens is 354 g/mol. The molecule has 0 aliphatic carbocycles. The van der Waals surface area contributed by atoms with Crippen LogP contribution in [0.15, 0.2) is 48.5 Å². The number of piperazine rings is 1. The molecule has 3 rings (SSSR count). The standard InChI is InChI=1S/C21H27N5O2/c1-16(27)23-18-4-3-5-19(14-18)24-21(28)15-22-17-6-8-20(9-7-17)26-12-10-25(2)11-13-26/h3-9,14,22H,10-13,15H2,1-2H3,(H,23,27)(H,24,28). The third-order valence-corrected chi connectivity index (χ3v) is 4.66. The van der Waals surface area contributed by atoms with E-state index in [1.165, 1.54) is 12.6 Å². The highest BCUT2D eigenvalue weighted by Crippen LogP contribution is 2.19. The van der Waals surface area contributed by atoms with Crippen LogP contribution in [-0.2, 0) is 9.59 Å². The van der Waals surface area contributed by atoms with Gasteiger partial charge in [0.05, 0.1) is 6.54 Å². The minimum atomic E-state index is -0.150. The molecule has 1 heterocycles. The minimum absolute atomic E-state index is 0.148. The van der Waals surface area contributed by atoms with Gasteiger partial charge in [-0.05, 0) is 49.5 Å². The first kappa shape index (κ1) is 19.7. The van der Waals surface area contributed by atoms with Crippen LogP contribution in [0.4, 0.5) is 22.7 Å². The summed E-state index contributed by atoms with van der Waals surface area (Å²) < 4.78 is 0. The van der Waals surface area contributed by atoms with Gasteiger partial charge < -0.3 is 25.8 Å². The monoisotopic (exact) mass is 381 g/mol. The van der Waals surface area contributed by atoms with Crippen LogP contribution < -0.4 is 20.9 Å². The summed E-state index contributed by atoms with van der Waals surface area (Å²) in [7, 11) is 2.14. The van der Waals surface area contributed by atoms with Gasteiger partial charge in [-0.15, -0.1) is 0 Å². The van der Waals surface area contributed by atoms with Gasteiger partial charge in [0.2, 0.25) is 11.8 Å². The van der Waals surface area contributed by atoms with E-state index in [0.717, 1.165) is 31.9 Å². The second kappa shape index (κ2) is 9.23. The Bertz CT molecular complexity index is 814. The molecule has 0 unspecified atom stereocenters. The van der Waals surface area contributed by atoms with E-state index in [1.54, 1.807) is 24.3 Å². The average molecular weight is 381 g/mol. The summed E-state index contributed by atoms with van der Waals surface area (Å²) in [6.07, 6.45) is 0. The molecule has 2 aromatic carbocycles. The second-order valence-corrected chi connectivity index (χ2v) is 7.00.